The van der Waals surface area contributed by atoms with Crippen molar-refractivity contribution in [2.75, 3.05) is 41.9 Å². The van der Waals surface area contributed by atoms with Crippen molar-refractivity contribution in [1.29, 1.82) is 0 Å². The number of nitrogens with zero attached hydrogens (tertiary/aromatic N) is 2. The van der Waals surface area contributed by atoms with Crippen LogP contribution in [0.3, 0.4) is 0 Å². The number of para-hydroxylation sites is 3. The average Bonchev–Trinajstić information content (AvgIpc) is 2.95. The van der Waals surface area contributed by atoms with E-state index >= 15 is 0 Å². The molecule has 3 aromatic rings. The van der Waals surface area contributed by atoms with Crippen molar-refractivity contribution in [3.8, 4) is 5.75 Å². The van der Waals surface area contributed by atoms with Gasteiger partial charge in [-0.25, -0.2) is 13.6 Å². The molecule has 228 valence electrons. The number of nitrogens with one attached hydrogen (secondary N) is 2. The van der Waals surface area contributed by atoms with Crippen molar-refractivity contribution in [2.24, 2.45) is 5.92 Å². The Balaban J connectivity index is 1.70. The summed E-state index contributed by atoms with van der Waals surface area (Å²) in [5.41, 5.74) is 0.714. The number of carboxylic acid groups (broad SMARTS) is 1. The summed E-state index contributed by atoms with van der Waals surface area (Å²) in [6, 6.07) is 15.5. The summed E-state index contributed by atoms with van der Waals surface area (Å²) >= 11 is 0. The Labute approximate surface area is 248 Å². The number of ether oxygens (including phenoxy) is 1. The number of carbonyl (C=O) groups excluding carboxylic acids is 3. The Morgan fingerprint density at radius 3 is 2.28 bits per heavy atom. The summed E-state index contributed by atoms with van der Waals surface area (Å²) in [6.07, 6.45) is 0.417. The Bertz CT molecular complexity index is 1450. The number of hydrogen-bond acceptors (Lipinski definition) is 5. The molecule has 12 heteroatoms. The lowest BCUT2D eigenvalue weighted by molar-refractivity contribution is -0.136. The van der Waals surface area contributed by atoms with Crippen LogP contribution in [-0.2, 0) is 20.8 Å². The quantitative estimate of drug-likeness (QED) is 0.259. The summed E-state index contributed by atoms with van der Waals surface area (Å²) in [6.45, 7) is 3.33. The van der Waals surface area contributed by atoms with Crippen LogP contribution < -0.4 is 25.2 Å². The minimum atomic E-state index is -1.01. The van der Waals surface area contributed by atoms with Gasteiger partial charge in [0.15, 0.2) is 6.61 Å². The molecule has 0 atom stereocenters. The molecule has 0 heterocycles. The Morgan fingerprint density at radius 2 is 1.60 bits per heavy atom. The van der Waals surface area contributed by atoms with Crippen LogP contribution in [0.1, 0.15) is 25.8 Å². The molecule has 4 amide bonds. The van der Waals surface area contributed by atoms with E-state index in [2.05, 4.69) is 10.6 Å². The molecule has 3 rings (SSSR count). The maximum atomic E-state index is 14.2. The van der Waals surface area contributed by atoms with Crippen LogP contribution in [0.5, 0.6) is 5.75 Å². The maximum Gasteiger partial charge on any atom is 0.319 e. The van der Waals surface area contributed by atoms with E-state index in [-0.39, 0.29) is 31.2 Å². The van der Waals surface area contributed by atoms with Gasteiger partial charge in [0.25, 0.3) is 5.91 Å². The average molecular weight is 597 g/mol. The van der Waals surface area contributed by atoms with Gasteiger partial charge in [0, 0.05) is 19.3 Å². The fraction of sp³-hybridized carbons (Fsp3) is 0.290. The lowest BCUT2D eigenvalue weighted by Crippen LogP contribution is -2.42. The topological polar surface area (TPSA) is 128 Å². The number of urea groups is 1. The van der Waals surface area contributed by atoms with Crippen LogP contribution in [0.4, 0.5) is 30.6 Å². The predicted octanol–water partition coefficient (Wildman–Crippen LogP) is 4.83. The van der Waals surface area contributed by atoms with Crippen LogP contribution in [-0.4, -0.2) is 55.7 Å². The fourth-order valence-corrected chi connectivity index (χ4v) is 4.10. The molecule has 0 bridgehead atoms. The van der Waals surface area contributed by atoms with Gasteiger partial charge in [-0.1, -0.05) is 44.2 Å². The van der Waals surface area contributed by atoms with Crippen molar-refractivity contribution in [3.63, 3.8) is 0 Å². The minimum absolute atomic E-state index is 0.190. The number of anilines is 3. The Kier molecular flexibility index (Phi) is 11.6. The van der Waals surface area contributed by atoms with Crippen LogP contribution >= 0.6 is 0 Å². The second kappa shape index (κ2) is 15.3. The number of carboxylic acids is 1. The lowest BCUT2D eigenvalue weighted by Gasteiger charge is -2.26. The molecule has 3 aromatic carbocycles. The molecular weight excluding hydrogens is 562 g/mol. The van der Waals surface area contributed by atoms with Crippen molar-refractivity contribution in [1.82, 2.24) is 5.32 Å². The van der Waals surface area contributed by atoms with Gasteiger partial charge in [-0.05, 0) is 54.3 Å². The summed E-state index contributed by atoms with van der Waals surface area (Å²) < 4.78 is 34.1. The molecule has 43 heavy (non-hydrogen) atoms. The Morgan fingerprint density at radius 1 is 0.930 bits per heavy atom. The highest BCUT2D eigenvalue weighted by Crippen LogP contribution is 2.29. The highest BCUT2D eigenvalue weighted by Gasteiger charge is 2.23. The second-order valence-corrected chi connectivity index (χ2v) is 10.1. The number of likely N-dealkylation sites (N-methyl/N-ethyl adjacent to an activating group) is 1. The summed E-state index contributed by atoms with van der Waals surface area (Å²) in [7, 11) is 1.23. The predicted molar refractivity (Wildman–Crippen MR) is 158 cm³/mol. The van der Waals surface area contributed by atoms with E-state index in [4.69, 9.17) is 9.84 Å². The third kappa shape index (κ3) is 9.52. The van der Waals surface area contributed by atoms with E-state index in [0.29, 0.717) is 23.4 Å². The molecule has 0 aliphatic rings. The van der Waals surface area contributed by atoms with Crippen molar-refractivity contribution in [2.45, 2.75) is 26.7 Å². The zero-order valence-electron chi connectivity index (χ0n) is 24.1. The highest BCUT2D eigenvalue weighted by molar-refractivity contribution is 5.99. The molecule has 0 spiro atoms. The van der Waals surface area contributed by atoms with E-state index in [1.54, 1.807) is 42.5 Å². The maximum absolute atomic E-state index is 14.2. The van der Waals surface area contributed by atoms with Crippen LogP contribution in [0, 0.1) is 17.6 Å². The van der Waals surface area contributed by atoms with Crippen LogP contribution in [0.15, 0.2) is 66.7 Å². The van der Waals surface area contributed by atoms with Gasteiger partial charge in [0.2, 0.25) is 5.91 Å². The first-order valence-corrected chi connectivity index (χ1v) is 13.5. The van der Waals surface area contributed by atoms with Gasteiger partial charge in [0.1, 0.15) is 23.1 Å². The number of benzene rings is 3. The molecule has 10 nitrogen and oxygen atoms in total. The molecule has 3 N–H and O–H groups in total. The third-order valence-corrected chi connectivity index (χ3v) is 6.33. The first-order chi connectivity index (χ1) is 20.5. The van der Waals surface area contributed by atoms with Gasteiger partial charge < -0.3 is 30.3 Å². The third-order valence-electron chi connectivity index (χ3n) is 6.33. The molecule has 0 unspecified atom stereocenters. The van der Waals surface area contributed by atoms with Gasteiger partial charge in [0.05, 0.1) is 18.7 Å². The molecule has 0 saturated heterocycles. The number of hydrogen-bond donors (Lipinski definition) is 3. The van der Waals surface area contributed by atoms with Crippen molar-refractivity contribution in [3.05, 3.63) is 83.9 Å². The van der Waals surface area contributed by atoms with E-state index in [1.807, 2.05) is 13.8 Å². The standard InChI is InChI=1S/C31H34F2N4O6/c1-20(2)14-15-37(27(38)18-34-31(42)35-22-9-6-8-21(16-22)17-29(40)41)25-12-4-5-13-26(25)43-19-28(39)36(3)30-23(32)10-7-11-24(30)33/h4-13,16,20H,14-15,17-19H2,1-3H3,(H,40,41)(H2,34,35,42). The number of carbonyl (C=O) groups is 4. The zero-order valence-corrected chi connectivity index (χ0v) is 24.1. The van der Waals surface area contributed by atoms with E-state index in [0.717, 1.165) is 17.0 Å². The summed E-state index contributed by atoms with van der Waals surface area (Å²) in [5.74, 6) is -3.54. The molecule has 0 radical (unpaired) electrons. The van der Waals surface area contributed by atoms with Crippen LogP contribution in [0.2, 0.25) is 0 Å². The fourth-order valence-electron chi connectivity index (χ4n) is 4.10. The number of amides is 4. The molecule has 0 saturated carbocycles. The van der Waals surface area contributed by atoms with Crippen molar-refractivity contribution < 1.29 is 37.8 Å². The Hall–Kier alpha value is -5.00. The summed E-state index contributed by atoms with van der Waals surface area (Å²) in [5, 5.41) is 14.1. The van der Waals surface area contributed by atoms with E-state index < -0.39 is 47.7 Å². The van der Waals surface area contributed by atoms with Gasteiger partial charge in [-0.15, -0.1) is 0 Å². The lowest BCUT2D eigenvalue weighted by atomic mass is 10.1. The van der Waals surface area contributed by atoms with E-state index in [1.165, 1.54) is 24.1 Å². The first kappa shape index (κ1) is 32.5. The minimum Gasteiger partial charge on any atom is -0.482 e. The molecule has 0 aromatic heterocycles. The van der Waals surface area contributed by atoms with Crippen molar-refractivity contribution >= 4 is 40.9 Å². The molecule has 0 aliphatic heterocycles. The molecule has 0 fully saturated rings. The van der Waals surface area contributed by atoms with Crippen LogP contribution in [0.25, 0.3) is 0 Å². The SMILES string of the molecule is CC(C)CCN(C(=O)CNC(=O)Nc1cccc(CC(=O)O)c1)c1ccccc1OCC(=O)N(C)c1c(F)cccc1F. The first-order valence-electron chi connectivity index (χ1n) is 13.5. The number of rotatable bonds is 13. The van der Waals surface area contributed by atoms with Gasteiger partial charge in [-0.3, -0.25) is 14.4 Å². The summed E-state index contributed by atoms with van der Waals surface area (Å²) in [4.78, 5) is 51.9. The smallest absolute Gasteiger partial charge is 0.319 e. The normalized spacial score (nSPS) is 10.7. The molecular formula is C31H34F2N4O6. The zero-order chi connectivity index (χ0) is 31.5. The molecule has 0 aliphatic carbocycles. The number of halogens is 2. The largest absolute Gasteiger partial charge is 0.482 e. The van der Waals surface area contributed by atoms with Gasteiger partial charge >= 0.3 is 12.0 Å². The van der Waals surface area contributed by atoms with Gasteiger partial charge in [-0.2, -0.15) is 0 Å². The monoisotopic (exact) mass is 596 g/mol. The van der Waals surface area contributed by atoms with E-state index in [9.17, 15) is 28.0 Å². The second-order valence-electron chi connectivity index (χ2n) is 10.1. The number of aliphatic carboxylic acids is 1. The highest BCUT2D eigenvalue weighted by atomic mass is 19.1.